The van der Waals surface area contributed by atoms with Gasteiger partial charge in [0.05, 0.1) is 7.11 Å². The lowest BCUT2D eigenvalue weighted by Gasteiger charge is -2.21. The molecule has 0 bridgehead atoms. The molecule has 108 valence electrons. The van der Waals surface area contributed by atoms with Crippen molar-refractivity contribution in [1.82, 2.24) is 5.32 Å². The van der Waals surface area contributed by atoms with E-state index in [1.807, 2.05) is 6.92 Å². The van der Waals surface area contributed by atoms with Crippen molar-refractivity contribution in [2.45, 2.75) is 31.7 Å². The predicted octanol–water partition coefficient (Wildman–Crippen LogP) is 2.66. The first-order chi connectivity index (χ1) is 8.88. The average Bonchev–Trinajstić information content (AvgIpc) is 2.38. The Morgan fingerprint density at radius 3 is 2.26 bits per heavy atom. The van der Waals surface area contributed by atoms with Crippen LogP contribution in [-0.4, -0.2) is 31.0 Å². The Labute approximate surface area is 110 Å². The van der Waals surface area contributed by atoms with Crippen LogP contribution in [0.5, 0.6) is 5.75 Å². The minimum atomic E-state index is -4.59. The van der Waals surface area contributed by atoms with E-state index in [2.05, 4.69) is 5.32 Å². The van der Waals surface area contributed by atoms with E-state index in [1.165, 1.54) is 0 Å². The highest BCUT2D eigenvalue weighted by Gasteiger charge is 2.38. The van der Waals surface area contributed by atoms with E-state index in [4.69, 9.17) is 9.84 Å². The van der Waals surface area contributed by atoms with Crippen LogP contribution in [0.4, 0.5) is 13.2 Å². The molecule has 0 aliphatic rings. The number of aliphatic hydroxyl groups excluding tert-OH is 1. The first kappa shape index (κ1) is 15.8. The molecule has 2 atom stereocenters. The highest BCUT2D eigenvalue weighted by molar-refractivity contribution is 5.29. The number of rotatable bonds is 6. The van der Waals surface area contributed by atoms with Gasteiger partial charge in [-0.1, -0.05) is 19.1 Å². The zero-order valence-electron chi connectivity index (χ0n) is 10.9. The first-order valence-corrected chi connectivity index (χ1v) is 6.00. The van der Waals surface area contributed by atoms with Crippen molar-refractivity contribution in [3.63, 3.8) is 0 Å². The fourth-order valence-electron chi connectivity index (χ4n) is 1.70. The van der Waals surface area contributed by atoms with Gasteiger partial charge in [0.2, 0.25) is 0 Å². The summed E-state index contributed by atoms with van der Waals surface area (Å²) < 4.78 is 41.6. The molecule has 0 aliphatic carbocycles. The standard InChI is InChI=1S/C13H18F3NO2/c1-3-11(17-8-12(18)13(14,15)16)9-4-6-10(19-2)7-5-9/h4-7,11-12,17-18H,3,8H2,1-2H3. The van der Waals surface area contributed by atoms with Crippen LogP contribution in [0.1, 0.15) is 24.9 Å². The fourth-order valence-corrected chi connectivity index (χ4v) is 1.70. The number of ether oxygens (including phenoxy) is 1. The summed E-state index contributed by atoms with van der Waals surface area (Å²) in [5.74, 6) is 0.689. The lowest BCUT2D eigenvalue weighted by Crippen LogP contribution is -2.39. The lowest BCUT2D eigenvalue weighted by molar-refractivity contribution is -0.202. The first-order valence-electron chi connectivity index (χ1n) is 6.00. The van der Waals surface area contributed by atoms with Gasteiger partial charge < -0.3 is 15.2 Å². The maximum Gasteiger partial charge on any atom is 0.415 e. The molecule has 0 heterocycles. The van der Waals surface area contributed by atoms with Crippen molar-refractivity contribution < 1.29 is 23.0 Å². The van der Waals surface area contributed by atoms with E-state index in [0.717, 1.165) is 5.56 Å². The number of benzene rings is 1. The molecule has 0 amide bonds. The van der Waals surface area contributed by atoms with Gasteiger partial charge in [-0.05, 0) is 24.1 Å². The second-order valence-corrected chi connectivity index (χ2v) is 4.20. The van der Waals surface area contributed by atoms with Crippen molar-refractivity contribution in [3.8, 4) is 5.75 Å². The van der Waals surface area contributed by atoms with Crippen molar-refractivity contribution in [3.05, 3.63) is 29.8 Å². The van der Waals surface area contributed by atoms with Crippen LogP contribution in [0, 0.1) is 0 Å². The SMILES string of the molecule is CCC(NCC(O)C(F)(F)F)c1ccc(OC)cc1. The Kier molecular flexibility index (Phi) is 5.62. The average molecular weight is 277 g/mol. The highest BCUT2D eigenvalue weighted by atomic mass is 19.4. The largest absolute Gasteiger partial charge is 0.497 e. The summed E-state index contributed by atoms with van der Waals surface area (Å²) in [6.45, 7) is 1.34. The third-order valence-corrected chi connectivity index (χ3v) is 2.86. The van der Waals surface area contributed by atoms with E-state index in [9.17, 15) is 13.2 Å². The van der Waals surface area contributed by atoms with Crippen molar-refractivity contribution in [2.75, 3.05) is 13.7 Å². The Bertz CT molecular complexity index is 378. The zero-order chi connectivity index (χ0) is 14.5. The second-order valence-electron chi connectivity index (χ2n) is 4.20. The van der Waals surface area contributed by atoms with Gasteiger partial charge in [0.15, 0.2) is 6.10 Å². The van der Waals surface area contributed by atoms with Crippen molar-refractivity contribution in [2.24, 2.45) is 0 Å². The smallest absolute Gasteiger partial charge is 0.415 e. The molecular formula is C13H18F3NO2. The molecule has 1 aromatic carbocycles. The maximum absolute atomic E-state index is 12.2. The minimum absolute atomic E-state index is 0.233. The summed E-state index contributed by atoms with van der Waals surface area (Å²) in [5.41, 5.74) is 0.859. The molecular weight excluding hydrogens is 259 g/mol. The van der Waals surface area contributed by atoms with Crippen LogP contribution < -0.4 is 10.1 Å². The van der Waals surface area contributed by atoms with E-state index in [0.29, 0.717) is 12.2 Å². The topological polar surface area (TPSA) is 41.5 Å². The molecule has 2 unspecified atom stereocenters. The molecule has 0 spiro atoms. The molecule has 0 radical (unpaired) electrons. The van der Waals surface area contributed by atoms with E-state index >= 15 is 0 Å². The maximum atomic E-state index is 12.2. The van der Waals surface area contributed by atoms with Crippen LogP contribution in [0.25, 0.3) is 0 Å². The second kappa shape index (κ2) is 6.77. The van der Waals surface area contributed by atoms with Crippen LogP contribution >= 0.6 is 0 Å². The normalized spacial score (nSPS) is 15.1. The zero-order valence-corrected chi connectivity index (χ0v) is 10.9. The Balaban J connectivity index is 2.62. The van der Waals surface area contributed by atoms with Gasteiger partial charge in [0.25, 0.3) is 0 Å². The van der Waals surface area contributed by atoms with Gasteiger partial charge in [-0.2, -0.15) is 13.2 Å². The quantitative estimate of drug-likeness (QED) is 0.840. The molecule has 3 nitrogen and oxygen atoms in total. The Morgan fingerprint density at radius 2 is 1.84 bits per heavy atom. The summed E-state index contributed by atoms with van der Waals surface area (Å²) in [6.07, 6.45) is -6.32. The van der Waals surface area contributed by atoms with Gasteiger partial charge in [-0.25, -0.2) is 0 Å². The summed E-state index contributed by atoms with van der Waals surface area (Å²) in [7, 11) is 1.55. The number of halogens is 3. The van der Waals surface area contributed by atoms with Gasteiger partial charge in [0.1, 0.15) is 5.75 Å². The molecule has 0 aliphatic heterocycles. The van der Waals surface area contributed by atoms with Gasteiger partial charge in [-0.15, -0.1) is 0 Å². The number of hydrogen-bond acceptors (Lipinski definition) is 3. The summed E-state index contributed by atoms with van der Waals surface area (Å²) >= 11 is 0. The summed E-state index contributed by atoms with van der Waals surface area (Å²) in [6, 6.07) is 6.85. The van der Waals surface area contributed by atoms with E-state index in [-0.39, 0.29) is 6.04 Å². The van der Waals surface area contributed by atoms with E-state index in [1.54, 1.807) is 31.4 Å². The van der Waals surface area contributed by atoms with Gasteiger partial charge in [-0.3, -0.25) is 0 Å². The highest BCUT2D eigenvalue weighted by Crippen LogP contribution is 2.22. The minimum Gasteiger partial charge on any atom is -0.497 e. The molecule has 0 aromatic heterocycles. The van der Waals surface area contributed by atoms with Gasteiger partial charge >= 0.3 is 6.18 Å². The summed E-state index contributed by atoms with van der Waals surface area (Å²) in [4.78, 5) is 0. The van der Waals surface area contributed by atoms with E-state index < -0.39 is 18.8 Å². The number of alkyl halides is 3. The Morgan fingerprint density at radius 1 is 1.26 bits per heavy atom. The van der Waals surface area contributed by atoms with Crippen molar-refractivity contribution in [1.29, 1.82) is 0 Å². The van der Waals surface area contributed by atoms with Crippen LogP contribution in [0.15, 0.2) is 24.3 Å². The fraction of sp³-hybridized carbons (Fsp3) is 0.538. The molecule has 0 saturated carbocycles. The molecule has 0 saturated heterocycles. The third-order valence-electron chi connectivity index (χ3n) is 2.86. The molecule has 2 N–H and O–H groups in total. The Hall–Kier alpha value is -1.27. The molecule has 19 heavy (non-hydrogen) atoms. The number of nitrogens with one attached hydrogen (secondary N) is 1. The number of aliphatic hydroxyl groups is 1. The van der Waals surface area contributed by atoms with Crippen LogP contribution in [-0.2, 0) is 0 Å². The van der Waals surface area contributed by atoms with Crippen LogP contribution in [0.3, 0.4) is 0 Å². The molecule has 1 rings (SSSR count). The monoisotopic (exact) mass is 277 g/mol. The number of methoxy groups -OCH3 is 1. The lowest BCUT2D eigenvalue weighted by atomic mass is 10.0. The van der Waals surface area contributed by atoms with Crippen molar-refractivity contribution >= 4 is 0 Å². The predicted molar refractivity (Wildman–Crippen MR) is 66.1 cm³/mol. The van der Waals surface area contributed by atoms with Crippen LogP contribution in [0.2, 0.25) is 0 Å². The third kappa shape index (κ3) is 4.72. The number of hydrogen-bond donors (Lipinski definition) is 2. The van der Waals surface area contributed by atoms with Gasteiger partial charge in [0, 0.05) is 12.6 Å². The molecule has 0 fully saturated rings. The summed E-state index contributed by atoms with van der Waals surface area (Å²) in [5, 5.41) is 11.7. The molecule has 1 aromatic rings. The molecule has 6 heteroatoms.